The van der Waals surface area contributed by atoms with Gasteiger partial charge in [-0.1, -0.05) is 12.0 Å². The number of methoxy groups -OCH3 is 1. The van der Waals surface area contributed by atoms with Crippen LogP contribution in [0.4, 0.5) is 14.6 Å². The summed E-state index contributed by atoms with van der Waals surface area (Å²) >= 11 is 0. The van der Waals surface area contributed by atoms with Gasteiger partial charge >= 0.3 is 11.6 Å². The quantitative estimate of drug-likeness (QED) is 0.192. The Bertz CT molecular complexity index is 1920. The van der Waals surface area contributed by atoms with Crippen LogP contribution >= 0.6 is 0 Å². The number of halogens is 2. The van der Waals surface area contributed by atoms with Gasteiger partial charge in [0.25, 0.3) is 0 Å². The first kappa shape index (κ1) is 29.4. The number of rotatable bonds is 8. The highest BCUT2D eigenvalue weighted by atomic mass is 19.1. The summed E-state index contributed by atoms with van der Waals surface area (Å²) in [6.07, 6.45) is 8.06. The molecule has 45 heavy (non-hydrogen) atoms. The summed E-state index contributed by atoms with van der Waals surface area (Å²) < 4.78 is 52.6. The smallest absolute Gasteiger partial charge is 0.349 e. The van der Waals surface area contributed by atoms with E-state index in [0.717, 1.165) is 25.8 Å². The van der Waals surface area contributed by atoms with Crippen LogP contribution in [-0.4, -0.2) is 72.8 Å². The minimum Gasteiger partial charge on any atom is -0.468 e. The third kappa shape index (κ3) is 4.87. The zero-order valence-electron chi connectivity index (χ0n) is 25.5. The van der Waals surface area contributed by atoms with Crippen molar-refractivity contribution in [3.05, 3.63) is 51.6 Å². The molecule has 11 heteroatoms. The van der Waals surface area contributed by atoms with Gasteiger partial charge < -0.3 is 23.5 Å². The number of fused-ring (bicyclic) bond motifs is 3. The van der Waals surface area contributed by atoms with Crippen molar-refractivity contribution in [1.82, 2.24) is 14.9 Å². The fourth-order valence-corrected chi connectivity index (χ4v) is 7.17. The fourth-order valence-electron chi connectivity index (χ4n) is 7.17. The second kappa shape index (κ2) is 11.3. The number of alkyl halides is 1. The first-order valence-electron chi connectivity index (χ1n) is 15.2. The first-order chi connectivity index (χ1) is 21.7. The summed E-state index contributed by atoms with van der Waals surface area (Å²) in [5.74, 6) is 2.91. The fraction of sp³-hybridized carbons (Fsp3) is 0.441. The third-order valence-electron chi connectivity index (χ3n) is 9.56. The number of aromatic nitrogens is 2. The van der Waals surface area contributed by atoms with Gasteiger partial charge in [0.2, 0.25) is 0 Å². The van der Waals surface area contributed by atoms with Crippen LogP contribution in [0.2, 0.25) is 0 Å². The molecule has 9 nitrogen and oxygen atoms in total. The van der Waals surface area contributed by atoms with Crippen molar-refractivity contribution in [3.63, 3.8) is 0 Å². The van der Waals surface area contributed by atoms with E-state index in [-0.39, 0.29) is 42.2 Å². The lowest BCUT2D eigenvalue weighted by Gasteiger charge is -2.40. The van der Waals surface area contributed by atoms with Crippen LogP contribution < -0.4 is 20.0 Å². The highest BCUT2D eigenvalue weighted by Crippen LogP contribution is 2.42. The zero-order valence-corrected chi connectivity index (χ0v) is 25.5. The Balaban J connectivity index is 1.41. The number of aryl methyl sites for hydroxylation is 1. The number of ether oxygens (including phenoxy) is 3. The van der Waals surface area contributed by atoms with Gasteiger partial charge in [-0.05, 0) is 63.2 Å². The number of terminal acetylenes is 1. The Morgan fingerprint density at radius 1 is 1.20 bits per heavy atom. The van der Waals surface area contributed by atoms with E-state index in [1.54, 1.807) is 25.1 Å². The zero-order chi connectivity index (χ0) is 31.5. The molecule has 0 aliphatic carbocycles. The number of anilines is 1. The molecule has 3 aliphatic heterocycles. The van der Waals surface area contributed by atoms with Crippen LogP contribution in [-0.2, 0) is 4.74 Å². The van der Waals surface area contributed by atoms with E-state index in [9.17, 15) is 9.18 Å². The monoisotopic (exact) mass is 616 g/mol. The van der Waals surface area contributed by atoms with E-state index in [1.807, 2.05) is 4.90 Å². The topological polar surface area (TPSA) is 90.2 Å². The number of hydrogen-bond donors (Lipinski definition) is 0. The van der Waals surface area contributed by atoms with Crippen LogP contribution in [0.25, 0.3) is 33.0 Å². The summed E-state index contributed by atoms with van der Waals surface area (Å²) in [4.78, 5) is 27.5. The predicted octanol–water partition coefficient (Wildman–Crippen LogP) is 5.37. The molecule has 4 aromatic rings. The van der Waals surface area contributed by atoms with Gasteiger partial charge in [-0.3, -0.25) is 4.90 Å². The second-order valence-corrected chi connectivity index (χ2v) is 12.3. The van der Waals surface area contributed by atoms with Crippen LogP contribution in [0.5, 0.6) is 11.8 Å². The average molecular weight is 617 g/mol. The lowest BCUT2D eigenvalue weighted by Crippen LogP contribution is -2.47. The SMILES string of the molecule is C#Cc1c(F)ccc2cc(OCOC)cc(-c3oc(=O)c4c(N5CC[C@H]5C)nc(OC[C@@]56CCCN5C[C@H](F)C6)nc4c3C)c12. The molecule has 3 saturated heterocycles. The molecule has 5 heterocycles. The minimum absolute atomic E-state index is 0.0256. The van der Waals surface area contributed by atoms with E-state index in [4.69, 9.17) is 35.0 Å². The summed E-state index contributed by atoms with van der Waals surface area (Å²) in [6, 6.07) is 6.52. The normalized spacial score (nSPS) is 22.9. The largest absolute Gasteiger partial charge is 0.468 e. The first-order valence-corrected chi connectivity index (χ1v) is 15.2. The molecule has 0 N–H and O–H groups in total. The number of nitrogens with zero attached hydrogens (tertiary/aromatic N) is 4. The van der Waals surface area contributed by atoms with E-state index < -0.39 is 23.2 Å². The van der Waals surface area contributed by atoms with Gasteiger partial charge in [0.05, 0.1) is 16.6 Å². The van der Waals surface area contributed by atoms with Crippen molar-refractivity contribution in [2.45, 2.75) is 57.3 Å². The van der Waals surface area contributed by atoms with E-state index >= 15 is 4.39 Å². The average Bonchev–Trinajstić information content (AvgIpc) is 3.55. The van der Waals surface area contributed by atoms with Crippen LogP contribution in [0.15, 0.2) is 33.5 Å². The molecule has 2 aromatic carbocycles. The Hall–Kier alpha value is -4.27. The maximum atomic E-state index is 15.0. The second-order valence-electron chi connectivity index (χ2n) is 12.3. The molecule has 2 aromatic heterocycles. The molecule has 3 aliphatic rings. The lowest BCUT2D eigenvalue weighted by molar-refractivity contribution is 0.0512. The molecule has 0 radical (unpaired) electrons. The maximum Gasteiger partial charge on any atom is 0.349 e. The summed E-state index contributed by atoms with van der Waals surface area (Å²) in [6.45, 7) is 6.02. The predicted molar refractivity (Wildman–Crippen MR) is 166 cm³/mol. The Labute approximate surface area is 259 Å². The Morgan fingerprint density at radius 3 is 2.78 bits per heavy atom. The van der Waals surface area contributed by atoms with Gasteiger partial charge in [0.15, 0.2) is 12.6 Å². The van der Waals surface area contributed by atoms with Crippen molar-refractivity contribution in [2.24, 2.45) is 0 Å². The van der Waals surface area contributed by atoms with E-state index in [1.165, 1.54) is 13.2 Å². The standard InChI is InChI=1S/C34H34F2N4O5/c1-5-24-26(36)8-7-21-13-23(44-18-42-4)14-25(27(21)24)30-20(3)29-28(32(41)45-30)31(40-12-9-19(40)2)38-33(37-29)43-17-34-10-6-11-39(34)16-22(35)15-34/h1,7-8,13-14,19,22H,6,9-12,15-18H2,2-4H3/t19-,22-,34+/m1/s1. The van der Waals surface area contributed by atoms with Gasteiger partial charge in [0.1, 0.15) is 35.5 Å². The van der Waals surface area contributed by atoms with Crippen molar-refractivity contribution in [3.8, 4) is 35.4 Å². The van der Waals surface area contributed by atoms with Gasteiger partial charge in [-0.2, -0.15) is 9.97 Å². The summed E-state index contributed by atoms with van der Waals surface area (Å²) in [5, 5.41) is 1.23. The van der Waals surface area contributed by atoms with Crippen LogP contribution in [0.3, 0.4) is 0 Å². The van der Waals surface area contributed by atoms with E-state index in [0.29, 0.717) is 58.5 Å². The van der Waals surface area contributed by atoms with Crippen molar-refractivity contribution in [1.29, 1.82) is 0 Å². The van der Waals surface area contributed by atoms with Gasteiger partial charge in [0, 0.05) is 49.2 Å². The van der Waals surface area contributed by atoms with Crippen molar-refractivity contribution >= 4 is 27.5 Å². The third-order valence-corrected chi connectivity index (χ3v) is 9.56. The summed E-state index contributed by atoms with van der Waals surface area (Å²) in [7, 11) is 1.50. The van der Waals surface area contributed by atoms with Crippen LogP contribution in [0.1, 0.15) is 43.7 Å². The molecule has 0 bridgehead atoms. The van der Waals surface area contributed by atoms with Gasteiger partial charge in [-0.15, -0.1) is 6.42 Å². The maximum absolute atomic E-state index is 15.0. The number of benzene rings is 2. The highest BCUT2D eigenvalue weighted by Gasteiger charge is 2.49. The molecule has 234 valence electrons. The van der Waals surface area contributed by atoms with Crippen molar-refractivity contribution < 1.29 is 27.4 Å². The molecular formula is C34H34F2N4O5. The van der Waals surface area contributed by atoms with E-state index in [2.05, 4.69) is 17.7 Å². The molecule has 3 fully saturated rings. The minimum atomic E-state index is -0.894. The molecule has 7 rings (SSSR count). The molecule has 0 spiro atoms. The number of hydrogen-bond acceptors (Lipinski definition) is 9. The molecule has 0 saturated carbocycles. The highest BCUT2D eigenvalue weighted by molar-refractivity contribution is 6.03. The molecule has 3 atom stereocenters. The summed E-state index contributed by atoms with van der Waals surface area (Å²) in [5.41, 5.74) is 0.253. The van der Waals surface area contributed by atoms with Crippen molar-refractivity contribution in [2.75, 3.05) is 45.0 Å². The molecule has 0 amide bonds. The molecule has 0 unspecified atom stereocenters. The van der Waals surface area contributed by atoms with Gasteiger partial charge in [-0.25, -0.2) is 13.6 Å². The molecular weight excluding hydrogens is 582 g/mol. The Kier molecular flexibility index (Phi) is 7.37. The van der Waals surface area contributed by atoms with Crippen LogP contribution in [0, 0.1) is 25.1 Å². The Morgan fingerprint density at radius 2 is 2.04 bits per heavy atom. The lowest BCUT2D eigenvalue weighted by atomic mass is 9.94.